The summed E-state index contributed by atoms with van der Waals surface area (Å²) in [5.41, 5.74) is 0. The van der Waals surface area contributed by atoms with Gasteiger partial charge in [-0.15, -0.1) is 0 Å². The van der Waals surface area contributed by atoms with Crippen LogP contribution in [0, 0.1) is 0 Å². The van der Waals surface area contributed by atoms with Gasteiger partial charge in [0.15, 0.2) is 0 Å². The predicted molar refractivity (Wildman–Crippen MR) is 64.2 cm³/mol. The van der Waals surface area contributed by atoms with Gasteiger partial charge in [-0.1, -0.05) is 13.8 Å². The molecule has 3 heteroatoms. The van der Waals surface area contributed by atoms with Gasteiger partial charge in [0.05, 0.1) is 6.61 Å². The fourth-order valence-corrected chi connectivity index (χ4v) is 2.38. The molecule has 1 heterocycles. The van der Waals surface area contributed by atoms with Crippen LogP contribution in [-0.4, -0.2) is 61.8 Å². The molecule has 0 radical (unpaired) electrons. The molecule has 0 aliphatic carbocycles. The van der Waals surface area contributed by atoms with Gasteiger partial charge in [-0.3, -0.25) is 4.90 Å². The largest absolute Gasteiger partial charge is 0.383 e. The molecule has 1 saturated heterocycles. The minimum atomic E-state index is 0.582. The third-order valence-corrected chi connectivity index (χ3v) is 3.58. The van der Waals surface area contributed by atoms with Crippen LogP contribution < -0.4 is 0 Å². The summed E-state index contributed by atoms with van der Waals surface area (Å²) < 4.78 is 5.33. The molecule has 0 N–H and O–H groups in total. The second kappa shape index (κ2) is 6.46. The fraction of sp³-hybridized carbons (Fsp3) is 1.00. The summed E-state index contributed by atoms with van der Waals surface area (Å²) in [5, 5.41) is 0. The quantitative estimate of drug-likeness (QED) is 0.689. The second-order valence-corrected chi connectivity index (χ2v) is 4.50. The molecule has 0 saturated carbocycles. The molecule has 15 heavy (non-hydrogen) atoms. The van der Waals surface area contributed by atoms with Crippen LogP contribution in [-0.2, 0) is 4.74 Å². The summed E-state index contributed by atoms with van der Waals surface area (Å²) in [5.74, 6) is 0. The van der Waals surface area contributed by atoms with Crippen molar-refractivity contribution in [3.05, 3.63) is 0 Å². The van der Waals surface area contributed by atoms with Crippen LogP contribution >= 0.6 is 0 Å². The van der Waals surface area contributed by atoms with Gasteiger partial charge in [0.2, 0.25) is 0 Å². The van der Waals surface area contributed by atoms with E-state index >= 15 is 0 Å². The Bertz CT molecular complexity index is 175. The summed E-state index contributed by atoms with van der Waals surface area (Å²) in [7, 11) is 1.81. The van der Waals surface area contributed by atoms with Crippen LogP contribution in [0.4, 0.5) is 0 Å². The first-order valence-electron chi connectivity index (χ1n) is 6.19. The first-order chi connectivity index (χ1) is 7.22. The molecular weight excluding hydrogens is 188 g/mol. The maximum atomic E-state index is 5.33. The molecule has 0 aromatic carbocycles. The third kappa shape index (κ3) is 3.44. The van der Waals surface area contributed by atoms with Gasteiger partial charge < -0.3 is 9.64 Å². The van der Waals surface area contributed by atoms with Crippen LogP contribution in [0.5, 0.6) is 0 Å². The van der Waals surface area contributed by atoms with Crippen molar-refractivity contribution in [1.82, 2.24) is 9.80 Å². The lowest BCUT2D eigenvalue weighted by Crippen LogP contribution is -2.57. The Labute approximate surface area is 94.4 Å². The van der Waals surface area contributed by atoms with Crippen LogP contribution in [0.2, 0.25) is 0 Å². The Morgan fingerprint density at radius 3 is 2.60 bits per heavy atom. The number of nitrogens with zero attached hydrogens (tertiary/aromatic N) is 2. The molecule has 1 aliphatic rings. The standard InChI is InChI=1S/C12H26N2O/c1-5-11(3)14-8-7-13(6-2)9-12(14)10-15-4/h11-12H,5-10H2,1-4H3. The smallest absolute Gasteiger partial charge is 0.0630 e. The summed E-state index contributed by atoms with van der Waals surface area (Å²) in [6, 6.07) is 1.27. The van der Waals surface area contributed by atoms with E-state index < -0.39 is 0 Å². The van der Waals surface area contributed by atoms with E-state index in [2.05, 4.69) is 30.6 Å². The number of methoxy groups -OCH3 is 1. The van der Waals surface area contributed by atoms with E-state index in [9.17, 15) is 0 Å². The lowest BCUT2D eigenvalue weighted by molar-refractivity contribution is 0.00519. The van der Waals surface area contributed by atoms with Gasteiger partial charge in [0.1, 0.15) is 0 Å². The van der Waals surface area contributed by atoms with Crippen molar-refractivity contribution in [2.75, 3.05) is 39.9 Å². The summed E-state index contributed by atoms with van der Waals surface area (Å²) in [4.78, 5) is 5.12. The summed E-state index contributed by atoms with van der Waals surface area (Å²) in [6.45, 7) is 12.4. The van der Waals surface area contributed by atoms with Gasteiger partial charge in [-0.2, -0.15) is 0 Å². The van der Waals surface area contributed by atoms with E-state index in [-0.39, 0.29) is 0 Å². The number of hydrogen-bond donors (Lipinski definition) is 0. The minimum absolute atomic E-state index is 0.582. The average Bonchev–Trinajstić information content (AvgIpc) is 2.28. The summed E-state index contributed by atoms with van der Waals surface area (Å²) >= 11 is 0. The number of rotatable bonds is 5. The number of hydrogen-bond acceptors (Lipinski definition) is 3. The Morgan fingerprint density at radius 1 is 1.33 bits per heavy atom. The molecule has 90 valence electrons. The van der Waals surface area contributed by atoms with E-state index in [1.165, 1.54) is 19.5 Å². The van der Waals surface area contributed by atoms with Crippen LogP contribution in [0.3, 0.4) is 0 Å². The Kier molecular flexibility index (Phi) is 5.58. The Morgan fingerprint density at radius 2 is 2.07 bits per heavy atom. The molecule has 1 fully saturated rings. The van der Waals surface area contributed by atoms with E-state index in [1.54, 1.807) is 7.11 Å². The highest BCUT2D eigenvalue weighted by Gasteiger charge is 2.28. The van der Waals surface area contributed by atoms with Crippen LogP contribution in [0.25, 0.3) is 0 Å². The topological polar surface area (TPSA) is 15.7 Å². The highest BCUT2D eigenvalue weighted by atomic mass is 16.5. The van der Waals surface area contributed by atoms with Crippen molar-refractivity contribution in [3.8, 4) is 0 Å². The lowest BCUT2D eigenvalue weighted by Gasteiger charge is -2.43. The summed E-state index contributed by atoms with van der Waals surface area (Å²) in [6.07, 6.45) is 1.23. The van der Waals surface area contributed by atoms with Crippen LogP contribution in [0.1, 0.15) is 27.2 Å². The molecule has 0 aromatic heterocycles. The number of ether oxygens (including phenoxy) is 1. The van der Waals surface area contributed by atoms with Crippen molar-refractivity contribution in [2.24, 2.45) is 0 Å². The molecule has 3 nitrogen and oxygen atoms in total. The first kappa shape index (κ1) is 12.9. The van der Waals surface area contributed by atoms with Crippen LogP contribution in [0.15, 0.2) is 0 Å². The van der Waals surface area contributed by atoms with Crippen molar-refractivity contribution in [3.63, 3.8) is 0 Å². The SMILES string of the molecule is CCC(C)N1CCN(CC)CC1COC. The average molecular weight is 214 g/mol. The van der Waals surface area contributed by atoms with Gasteiger partial charge >= 0.3 is 0 Å². The van der Waals surface area contributed by atoms with E-state index in [0.29, 0.717) is 12.1 Å². The molecule has 1 rings (SSSR count). The molecule has 0 aromatic rings. The monoisotopic (exact) mass is 214 g/mol. The number of likely N-dealkylation sites (N-methyl/N-ethyl adjacent to an activating group) is 1. The maximum Gasteiger partial charge on any atom is 0.0630 e. The lowest BCUT2D eigenvalue weighted by atomic mass is 10.1. The normalized spacial score (nSPS) is 26.8. The molecule has 0 bridgehead atoms. The zero-order chi connectivity index (χ0) is 11.3. The second-order valence-electron chi connectivity index (χ2n) is 4.50. The van der Waals surface area contributed by atoms with E-state index in [0.717, 1.165) is 19.7 Å². The van der Waals surface area contributed by atoms with Crippen molar-refractivity contribution < 1.29 is 4.74 Å². The van der Waals surface area contributed by atoms with E-state index in [1.807, 2.05) is 0 Å². The third-order valence-electron chi connectivity index (χ3n) is 3.58. The predicted octanol–water partition coefficient (Wildman–Crippen LogP) is 1.44. The van der Waals surface area contributed by atoms with Crippen molar-refractivity contribution >= 4 is 0 Å². The molecular formula is C12H26N2O. The zero-order valence-electron chi connectivity index (χ0n) is 10.7. The van der Waals surface area contributed by atoms with Gasteiger partial charge in [-0.25, -0.2) is 0 Å². The van der Waals surface area contributed by atoms with Gasteiger partial charge in [-0.05, 0) is 19.9 Å². The van der Waals surface area contributed by atoms with Crippen molar-refractivity contribution in [1.29, 1.82) is 0 Å². The van der Waals surface area contributed by atoms with Crippen molar-refractivity contribution in [2.45, 2.75) is 39.3 Å². The first-order valence-corrected chi connectivity index (χ1v) is 6.19. The molecule has 1 aliphatic heterocycles. The molecule has 2 atom stereocenters. The molecule has 2 unspecified atom stereocenters. The zero-order valence-corrected chi connectivity index (χ0v) is 10.7. The number of piperazine rings is 1. The Balaban J connectivity index is 2.54. The van der Waals surface area contributed by atoms with E-state index in [4.69, 9.17) is 4.74 Å². The van der Waals surface area contributed by atoms with Gasteiger partial charge in [0, 0.05) is 38.8 Å². The Hall–Kier alpha value is -0.120. The van der Waals surface area contributed by atoms with Gasteiger partial charge in [0.25, 0.3) is 0 Å². The highest BCUT2D eigenvalue weighted by molar-refractivity contribution is 4.84. The highest BCUT2D eigenvalue weighted by Crippen LogP contribution is 2.15. The maximum absolute atomic E-state index is 5.33. The molecule has 0 amide bonds. The fourth-order valence-electron chi connectivity index (χ4n) is 2.38. The minimum Gasteiger partial charge on any atom is -0.383 e. The molecule has 0 spiro atoms.